The van der Waals surface area contributed by atoms with Crippen molar-refractivity contribution in [1.29, 1.82) is 0 Å². The van der Waals surface area contributed by atoms with Gasteiger partial charge in [0.25, 0.3) is 0 Å². The van der Waals surface area contributed by atoms with E-state index in [2.05, 4.69) is 35.3 Å². The van der Waals surface area contributed by atoms with E-state index in [0.717, 1.165) is 17.6 Å². The number of aryl methyl sites for hydroxylation is 1. The molecule has 104 valence electrons. The van der Waals surface area contributed by atoms with Gasteiger partial charge in [0.1, 0.15) is 0 Å². The number of nitrogens with zero attached hydrogens (tertiary/aromatic N) is 1. The number of para-hydroxylation sites is 1. The zero-order valence-corrected chi connectivity index (χ0v) is 12.1. The van der Waals surface area contributed by atoms with E-state index in [0.29, 0.717) is 0 Å². The summed E-state index contributed by atoms with van der Waals surface area (Å²) in [5, 5.41) is 1.19. The van der Waals surface area contributed by atoms with Crippen LogP contribution in [0.15, 0.2) is 42.0 Å². The van der Waals surface area contributed by atoms with E-state index in [1.54, 1.807) is 0 Å². The smallest absolute Gasteiger partial charge is 0.0708 e. The first-order valence-electron chi connectivity index (χ1n) is 7.56. The molecular formula is C18H22N2. The number of nitrogens with two attached hydrogens (primary N) is 1. The normalized spacial score (nSPS) is 17.6. The van der Waals surface area contributed by atoms with Gasteiger partial charge in [-0.25, -0.2) is 0 Å². The van der Waals surface area contributed by atoms with Crippen molar-refractivity contribution in [3.8, 4) is 0 Å². The highest BCUT2D eigenvalue weighted by Crippen LogP contribution is 2.31. The Morgan fingerprint density at radius 3 is 2.90 bits per heavy atom. The predicted molar refractivity (Wildman–Crippen MR) is 84.6 cm³/mol. The lowest BCUT2D eigenvalue weighted by Crippen LogP contribution is -2.14. The van der Waals surface area contributed by atoms with E-state index < -0.39 is 0 Å². The molecule has 1 aliphatic rings. The number of hydrogen-bond donors (Lipinski definition) is 1. The Hall–Kier alpha value is -1.67. The standard InChI is InChI=1S/C18H22N2/c1-13-12-16(15-10-6-7-11-17(15)20-13)18(19)14-8-4-2-3-5-9-14/h6-8,10-12,18H,2-5,9,19H2,1H3. The van der Waals surface area contributed by atoms with Gasteiger partial charge in [0.15, 0.2) is 0 Å². The van der Waals surface area contributed by atoms with Crippen LogP contribution in [0.2, 0.25) is 0 Å². The molecule has 0 fully saturated rings. The molecule has 2 heteroatoms. The number of benzene rings is 1. The highest BCUT2D eigenvalue weighted by atomic mass is 14.7. The second-order valence-electron chi connectivity index (χ2n) is 5.73. The summed E-state index contributed by atoms with van der Waals surface area (Å²) in [4.78, 5) is 4.61. The van der Waals surface area contributed by atoms with Crippen LogP contribution in [0.4, 0.5) is 0 Å². The van der Waals surface area contributed by atoms with Crippen molar-refractivity contribution in [2.24, 2.45) is 5.73 Å². The quantitative estimate of drug-likeness (QED) is 0.816. The third kappa shape index (κ3) is 2.61. The van der Waals surface area contributed by atoms with Crippen LogP contribution >= 0.6 is 0 Å². The Morgan fingerprint density at radius 2 is 2.00 bits per heavy atom. The number of pyridine rings is 1. The molecule has 0 bridgehead atoms. The number of allylic oxidation sites excluding steroid dienone is 1. The van der Waals surface area contributed by atoms with Crippen LogP contribution in [0.5, 0.6) is 0 Å². The fourth-order valence-electron chi connectivity index (χ4n) is 3.12. The Balaban J connectivity index is 2.06. The van der Waals surface area contributed by atoms with Crippen molar-refractivity contribution in [3.63, 3.8) is 0 Å². The average molecular weight is 266 g/mol. The maximum atomic E-state index is 6.58. The molecule has 1 aromatic carbocycles. The van der Waals surface area contributed by atoms with Crippen LogP contribution in [-0.2, 0) is 0 Å². The molecule has 1 aromatic heterocycles. The molecule has 0 radical (unpaired) electrons. The molecule has 1 heterocycles. The summed E-state index contributed by atoms with van der Waals surface area (Å²) in [7, 11) is 0. The van der Waals surface area contributed by atoms with Crippen LogP contribution in [0.25, 0.3) is 10.9 Å². The summed E-state index contributed by atoms with van der Waals surface area (Å²) in [5.41, 5.74) is 11.3. The topological polar surface area (TPSA) is 38.9 Å². The van der Waals surface area contributed by atoms with Gasteiger partial charge in [-0.15, -0.1) is 0 Å². The summed E-state index contributed by atoms with van der Waals surface area (Å²) in [5.74, 6) is 0. The van der Waals surface area contributed by atoms with Crippen molar-refractivity contribution in [2.45, 2.75) is 45.1 Å². The second-order valence-corrected chi connectivity index (χ2v) is 5.73. The number of fused-ring (bicyclic) bond motifs is 1. The summed E-state index contributed by atoms with van der Waals surface area (Å²) in [6.45, 7) is 2.05. The fourth-order valence-corrected chi connectivity index (χ4v) is 3.12. The molecule has 0 saturated carbocycles. The molecule has 1 atom stereocenters. The highest BCUT2D eigenvalue weighted by molar-refractivity contribution is 5.83. The summed E-state index contributed by atoms with van der Waals surface area (Å²) in [6, 6.07) is 10.5. The van der Waals surface area contributed by atoms with Gasteiger partial charge in [-0.05, 0) is 50.3 Å². The van der Waals surface area contributed by atoms with E-state index in [9.17, 15) is 0 Å². The highest BCUT2D eigenvalue weighted by Gasteiger charge is 2.16. The largest absolute Gasteiger partial charge is 0.321 e. The van der Waals surface area contributed by atoms with Crippen molar-refractivity contribution in [2.75, 3.05) is 0 Å². The monoisotopic (exact) mass is 266 g/mol. The van der Waals surface area contributed by atoms with Gasteiger partial charge in [0.05, 0.1) is 11.6 Å². The maximum absolute atomic E-state index is 6.58. The van der Waals surface area contributed by atoms with E-state index in [4.69, 9.17) is 5.73 Å². The molecule has 0 spiro atoms. The molecule has 0 aliphatic heterocycles. The van der Waals surface area contributed by atoms with Crippen LogP contribution < -0.4 is 5.73 Å². The van der Waals surface area contributed by atoms with Gasteiger partial charge in [0.2, 0.25) is 0 Å². The predicted octanol–water partition coefficient (Wildman–Crippen LogP) is 4.43. The molecule has 20 heavy (non-hydrogen) atoms. The Morgan fingerprint density at radius 1 is 1.15 bits per heavy atom. The van der Waals surface area contributed by atoms with Crippen molar-refractivity contribution in [1.82, 2.24) is 4.98 Å². The molecule has 2 aromatic rings. The molecule has 2 N–H and O–H groups in total. The Labute approximate surface area is 120 Å². The minimum Gasteiger partial charge on any atom is -0.321 e. The van der Waals surface area contributed by atoms with Gasteiger partial charge in [0, 0.05) is 11.1 Å². The van der Waals surface area contributed by atoms with Crippen LogP contribution in [0.3, 0.4) is 0 Å². The second kappa shape index (κ2) is 5.76. The lowest BCUT2D eigenvalue weighted by molar-refractivity contribution is 0.689. The van der Waals surface area contributed by atoms with Gasteiger partial charge in [-0.3, -0.25) is 4.98 Å². The van der Waals surface area contributed by atoms with Gasteiger partial charge in [-0.2, -0.15) is 0 Å². The van der Waals surface area contributed by atoms with Crippen LogP contribution in [0.1, 0.15) is 49.4 Å². The molecular weight excluding hydrogens is 244 g/mol. The lowest BCUT2D eigenvalue weighted by Gasteiger charge is -2.18. The Kier molecular flexibility index (Phi) is 3.83. The van der Waals surface area contributed by atoms with Gasteiger partial charge < -0.3 is 5.73 Å². The van der Waals surface area contributed by atoms with E-state index in [-0.39, 0.29) is 6.04 Å². The average Bonchev–Trinajstić information content (AvgIpc) is 2.74. The van der Waals surface area contributed by atoms with E-state index in [1.807, 2.05) is 13.0 Å². The molecule has 0 saturated heterocycles. The minimum absolute atomic E-state index is 0.0136. The van der Waals surface area contributed by atoms with Crippen molar-refractivity contribution in [3.05, 3.63) is 53.2 Å². The molecule has 2 nitrogen and oxygen atoms in total. The summed E-state index contributed by atoms with van der Waals surface area (Å²) >= 11 is 0. The van der Waals surface area contributed by atoms with Gasteiger partial charge in [-0.1, -0.05) is 36.3 Å². The fraction of sp³-hybridized carbons (Fsp3) is 0.389. The minimum atomic E-state index is 0.0136. The zero-order chi connectivity index (χ0) is 13.9. The molecule has 3 rings (SSSR count). The number of aromatic nitrogens is 1. The summed E-state index contributed by atoms with van der Waals surface area (Å²) < 4.78 is 0. The number of hydrogen-bond acceptors (Lipinski definition) is 2. The zero-order valence-electron chi connectivity index (χ0n) is 12.1. The maximum Gasteiger partial charge on any atom is 0.0708 e. The van der Waals surface area contributed by atoms with E-state index >= 15 is 0 Å². The number of rotatable bonds is 2. The Bertz CT molecular complexity index is 643. The van der Waals surface area contributed by atoms with Crippen LogP contribution in [0, 0.1) is 6.92 Å². The lowest BCUT2D eigenvalue weighted by atomic mass is 9.93. The third-order valence-corrected chi connectivity index (χ3v) is 4.19. The molecule has 1 unspecified atom stereocenters. The summed E-state index contributed by atoms with van der Waals surface area (Å²) in [6.07, 6.45) is 8.56. The SMILES string of the molecule is Cc1cc(C(N)C2=CCCCCC2)c2ccccc2n1. The first kappa shape index (κ1) is 13.3. The third-order valence-electron chi connectivity index (χ3n) is 4.19. The van der Waals surface area contributed by atoms with E-state index in [1.165, 1.54) is 42.2 Å². The van der Waals surface area contributed by atoms with Gasteiger partial charge >= 0.3 is 0 Å². The van der Waals surface area contributed by atoms with Crippen molar-refractivity contribution < 1.29 is 0 Å². The molecule has 0 amide bonds. The first-order valence-corrected chi connectivity index (χ1v) is 7.56. The first-order chi connectivity index (χ1) is 9.75. The van der Waals surface area contributed by atoms with Crippen LogP contribution in [-0.4, -0.2) is 4.98 Å². The molecule has 1 aliphatic carbocycles. The van der Waals surface area contributed by atoms with Crippen molar-refractivity contribution >= 4 is 10.9 Å².